The third-order valence-corrected chi connectivity index (χ3v) is 2.77. The molecule has 0 fully saturated rings. The van der Waals surface area contributed by atoms with Crippen LogP contribution in [0.2, 0.25) is 0 Å². The zero-order chi connectivity index (χ0) is 11.5. The number of aromatic hydroxyl groups is 1. The van der Waals surface area contributed by atoms with Gasteiger partial charge in [-0.25, -0.2) is 0 Å². The third kappa shape index (κ3) is 2.51. The molecule has 0 aliphatic carbocycles. The van der Waals surface area contributed by atoms with Crippen molar-refractivity contribution in [1.29, 1.82) is 0 Å². The molecule has 0 saturated carbocycles. The molecule has 1 unspecified atom stereocenters. The number of hydrogen-bond acceptors (Lipinski definition) is 3. The number of thiol groups is 1. The first-order valence-electron chi connectivity index (χ1n) is 5.37. The second-order valence-electron chi connectivity index (χ2n) is 3.92. The molecular weight excluding hydrogens is 220 g/mol. The quantitative estimate of drug-likeness (QED) is 0.486. The summed E-state index contributed by atoms with van der Waals surface area (Å²) in [5.74, 6) is 0.309. The van der Waals surface area contributed by atoms with Crippen molar-refractivity contribution in [2.45, 2.75) is 18.7 Å². The van der Waals surface area contributed by atoms with Gasteiger partial charge in [-0.15, -0.1) is 0 Å². The Morgan fingerprint density at radius 2 is 2.31 bits per heavy atom. The monoisotopic (exact) mass is 236 g/mol. The predicted molar refractivity (Wildman–Crippen MR) is 70.1 cm³/mol. The fourth-order valence-corrected chi connectivity index (χ4v) is 1.92. The molecule has 0 aliphatic rings. The van der Waals surface area contributed by atoms with Gasteiger partial charge in [-0.05, 0) is 37.1 Å². The number of H-pyrrole nitrogens is 1. The van der Waals surface area contributed by atoms with Crippen LogP contribution in [0.4, 0.5) is 0 Å². The molecule has 4 heteroatoms. The molecular formula is C12H16N2OS. The van der Waals surface area contributed by atoms with E-state index in [0.717, 1.165) is 23.9 Å². The van der Waals surface area contributed by atoms with Crippen molar-refractivity contribution < 1.29 is 5.11 Å². The highest BCUT2D eigenvalue weighted by Gasteiger charge is 2.04. The van der Waals surface area contributed by atoms with Crippen LogP contribution >= 0.6 is 12.6 Å². The first kappa shape index (κ1) is 11.4. The molecule has 1 aromatic carbocycles. The maximum absolute atomic E-state index is 9.44. The molecule has 0 aliphatic heterocycles. The number of phenols is 1. The summed E-state index contributed by atoms with van der Waals surface area (Å²) in [5, 5.41) is 14.0. The van der Waals surface area contributed by atoms with Gasteiger partial charge in [-0.3, -0.25) is 0 Å². The van der Waals surface area contributed by atoms with Crippen LogP contribution in [0.25, 0.3) is 10.9 Å². The Labute approximate surface area is 100 Å². The van der Waals surface area contributed by atoms with Crippen molar-refractivity contribution in [1.82, 2.24) is 10.3 Å². The molecule has 2 rings (SSSR count). The van der Waals surface area contributed by atoms with E-state index < -0.39 is 0 Å². The Morgan fingerprint density at radius 3 is 3.06 bits per heavy atom. The largest absolute Gasteiger partial charge is 0.508 e. The maximum atomic E-state index is 9.44. The van der Waals surface area contributed by atoms with Crippen molar-refractivity contribution in [3.63, 3.8) is 0 Å². The van der Waals surface area contributed by atoms with Crippen LogP contribution in [-0.2, 0) is 6.42 Å². The minimum absolute atomic E-state index is 0.207. The highest BCUT2D eigenvalue weighted by Crippen LogP contribution is 2.22. The predicted octanol–water partition coefficient (Wildman–Crippen LogP) is 2.28. The second-order valence-corrected chi connectivity index (χ2v) is 4.70. The molecule has 3 N–H and O–H groups in total. The molecule has 2 aromatic rings. The van der Waals surface area contributed by atoms with Gasteiger partial charge in [0.1, 0.15) is 5.75 Å². The Balaban J connectivity index is 2.15. The van der Waals surface area contributed by atoms with Crippen molar-refractivity contribution in [3.05, 3.63) is 30.0 Å². The highest BCUT2D eigenvalue weighted by atomic mass is 32.1. The average Bonchev–Trinajstić information content (AvgIpc) is 2.60. The Kier molecular flexibility index (Phi) is 3.41. The number of hydrogen-bond donors (Lipinski definition) is 4. The van der Waals surface area contributed by atoms with Gasteiger partial charge in [0.2, 0.25) is 0 Å². The number of fused-ring (bicyclic) bond motifs is 1. The number of nitrogens with one attached hydrogen (secondary N) is 2. The van der Waals surface area contributed by atoms with E-state index in [1.807, 2.05) is 19.2 Å². The van der Waals surface area contributed by atoms with E-state index >= 15 is 0 Å². The van der Waals surface area contributed by atoms with Gasteiger partial charge in [-0.2, -0.15) is 12.6 Å². The third-order valence-electron chi connectivity index (χ3n) is 2.59. The molecule has 0 bridgehead atoms. The Hall–Kier alpha value is -1.13. The second kappa shape index (κ2) is 4.80. The van der Waals surface area contributed by atoms with E-state index in [1.54, 1.807) is 12.1 Å². The summed E-state index contributed by atoms with van der Waals surface area (Å²) in [6.07, 6.45) is 2.92. The molecule has 1 aromatic heterocycles. The normalized spacial score (nSPS) is 13.1. The van der Waals surface area contributed by atoms with Crippen LogP contribution in [0.3, 0.4) is 0 Å². The minimum atomic E-state index is 0.207. The molecule has 0 radical (unpaired) electrons. The Morgan fingerprint density at radius 1 is 1.50 bits per heavy atom. The van der Waals surface area contributed by atoms with Crippen molar-refractivity contribution >= 4 is 23.5 Å². The summed E-state index contributed by atoms with van der Waals surface area (Å²) in [6.45, 7) is 2.89. The SMILES string of the molecule is CC(S)NCCc1c[nH]c2ccc(O)cc12. The van der Waals surface area contributed by atoms with Gasteiger partial charge in [0, 0.05) is 29.0 Å². The average molecular weight is 236 g/mol. The van der Waals surface area contributed by atoms with E-state index in [1.165, 1.54) is 5.56 Å². The first-order valence-corrected chi connectivity index (χ1v) is 5.89. The summed E-state index contributed by atoms with van der Waals surface area (Å²) in [7, 11) is 0. The molecule has 0 saturated heterocycles. The van der Waals surface area contributed by atoms with E-state index in [4.69, 9.17) is 0 Å². The maximum Gasteiger partial charge on any atom is 0.116 e. The zero-order valence-electron chi connectivity index (χ0n) is 9.20. The molecule has 0 amide bonds. The van der Waals surface area contributed by atoms with Gasteiger partial charge in [0.15, 0.2) is 0 Å². The number of rotatable bonds is 4. The van der Waals surface area contributed by atoms with Crippen LogP contribution in [0.15, 0.2) is 24.4 Å². The van der Waals surface area contributed by atoms with Gasteiger partial charge >= 0.3 is 0 Å². The Bertz CT molecular complexity index is 479. The van der Waals surface area contributed by atoms with Crippen LogP contribution in [0, 0.1) is 0 Å². The summed E-state index contributed by atoms with van der Waals surface area (Å²) in [4.78, 5) is 3.20. The summed E-state index contributed by atoms with van der Waals surface area (Å²) in [6, 6.07) is 5.38. The van der Waals surface area contributed by atoms with Crippen molar-refractivity contribution in [2.24, 2.45) is 0 Å². The van der Waals surface area contributed by atoms with Crippen LogP contribution in [0.1, 0.15) is 12.5 Å². The lowest BCUT2D eigenvalue weighted by Crippen LogP contribution is -2.23. The van der Waals surface area contributed by atoms with Crippen LogP contribution < -0.4 is 5.32 Å². The lowest BCUT2D eigenvalue weighted by molar-refractivity contribution is 0.476. The molecule has 0 spiro atoms. The summed E-state index contributed by atoms with van der Waals surface area (Å²) < 4.78 is 0. The number of phenolic OH excluding ortho intramolecular Hbond substituents is 1. The number of benzene rings is 1. The zero-order valence-corrected chi connectivity index (χ0v) is 10.1. The van der Waals surface area contributed by atoms with Gasteiger partial charge in [-0.1, -0.05) is 0 Å². The fraction of sp³-hybridized carbons (Fsp3) is 0.333. The van der Waals surface area contributed by atoms with Crippen molar-refractivity contribution in [3.8, 4) is 5.75 Å². The first-order chi connectivity index (χ1) is 7.66. The van der Waals surface area contributed by atoms with E-state index in [9.17, 15) is 5.11 Å². The van der Waals surface area contributed by atoms with E-state index in [-0.39, 0.29) is 5.37 Å². The molecule has 16 heavy (non-hydrogen) atoms. The van der Waals surface area contributed by atoms with E-state index in [2.05, 4.69) is 22.9 Å². The number of aromatic nitrogens is 1. The lowest BCUT2D eigenvalue weighted by Gasteiger charge is -2.06. The topological polar surface area (TPSA) is 48.0 Å². The van der Waals surface area contributed by atoms with Gasteiger partial charge < -0.3 is 15.4 Å². The van der Waals surface area contributed by atoms with Crippen LogP contribution in [-0.4, -0.2) is 22.0 Å². The summed E-state index contributed by atoms with van der Waals surface area (Å²) >= 11 is 4.26. The van der Waals surface area contributed by atoms with Gasteiger partial charge in [0.05, 0.1) is 0 Å². The molecule has 1 heterocycles. The van der Waals surface area contributed by atoms with Crippen molar-refractivity contribution in [2.75, 3.05) is 6.54 Å². The fourth-order valence-electron chi connectivity index (χ4n) is 1.79. The highest BCUT2D eigenvalue weighted by molar-refractivity contribution is 7.80. The minimum Gasteiger partial charge on any atom is -0.508 e. The summed E-state index contributed by atoms with van der Waals surface area (Å²) in [5.41, 5.74) is 2.28. The molecule has 86 valence electrons. The standard InChI is InChI=1S/C12H16N2OS/c1-8(16)13-5-4-9-7-14-12-3-2-10(15)6-11(9)12/h2-3,6-8,13-16H,4-5H2,1H3. The molecule has 1 atom stereocenters. The molecule has 3 nitrogen and oxygen atoms in total. The lowest BCUT2D eigenvalue weighted by atomic mass is 10.1. The smallest absolute Gasteiger partial charge is 0.116 e. The van der Waals surface area contributed by atoms with Gasteiger partial charge in [0.25, 0.3) is 0 Å². The van der Waals surface area contributed by atoms with Crippen LogP contribution in [0.5, 0.6) is 5.75 Å². The number of aromatic amines is 1. The van der Waals surface area contributed by atoms with E-state index in [0.29, 0.717) is 5.75 Å².